The van der Waals surface area contributed by atoms with Crippen molar-refractivity contribution in [2.45, 2.75) is 72.6 Å². The number of carbonyl (C=O) groups excluding carboxylic acids is 1. The van der Waals surface area contributed by atoms with Gasteiger partial charge in [0.25, 0.3) is 5.91 Å². The zero-order valence-corrected chi connectivity index (χ0v) is 17.0. The van der Waals surface area contributed by atoms with Crippen LogP contribution in [0.2, 0.25) is 0 Å². The fourth-order valence-corrected chi connectivity index (χ4v) is 4.54. The summed E-state index contributed by atoms with van der Waals surface area (Å²) in [6.07, 6.45) is 7.44. The van der Waals surface area contributed by atoms with Crippen molar-refractivity contribution in [2.75, 3.05) is 5.32 Å². The van der Waals surface area contributed by atoms with Crippen LogP contribution in [0.3, 0.4) is 0 Å². The minimum atomic E-state index is -0.362. The fraction of sp³-hybridized carbons (Fsp3) is 0.458. The van der Waals surface area contributed by atoms with Crippen LogP contribution in [0.25, 0.3) is 5.57 Å². The molecule has 3 heteroatoms. The first-order valence-electron chi connectivity index (χ1n) is 10.2. The van der Waals surface area contributed by atoms with E-state index in [1.54, 1.807) is 6.07 Å². The van der Waals surface area contributed by atoms with Gasteiger partial charge in [-0.25, -0.2) is 4.39 Å². The minimum Gasteiger partial charge on any atom is -0.319 e. The number of fused-ring (bicyclic) bond motifs is 1. The number of halogens is 1. The third kappa shape index (κ3) is 3.65. The van der Waals surface area contributed by atoms with Crippen molar-refractivity contribution in [3.8, 4) is 0 Å². The number of amides is 1. The third-order valence-corrected chi connectivity index (χ3v) is 5.81. The van der Waals surface area contributed by atoms with Crippen LogP contribution in [-0.4, -0.2) is 5.91 Å². The summed E-state index contributed by atoms with van der Waals surface area (Å²) in [7, 11) is 0. The van der Waals surface area contributed by atoms with Gasteiger partial charge >= 0.3 is 0 Å². The number of anilines is 1. The summed E-state index contributed by atoms with van der Waals surface area (Å²) in [6.45, 7) is 8.84. The number of hydrogen-bond acceptors (Lipinski definition) is 1. The molecule has 3 rings (SSSR count). The maximum Gasteiger partial charge on any atom is 0.256 e. The van der Waals surface area contributed by atoms with E-state index in [0.717, 1.165) is 50.5 Å². The van der Waals surface area contributed by atoms with Crippen molar-refractivity contribution in [1.29, 1.82) is 0 Å². The van der Waals surface area contributed by atoms with Crippen molar-refractivity contribution in [2.24, 2.45) is 0 Å². The van der Waals surface area contributed by atoms with Gasteiger partial charge in [-0.05, 0) is 74.3 Å². The molecule has 1 heterocycles. The van der Waals surface area contributed by atoms with Gasteiger partial charge in [-0.2, -0.15) is 0 Å². The molecule has 0 radical (unpaired) electrons. The molecule has 0 saturated heterocycles. The third-order valence-electron chi connectivity index (χ3n) is 5.81. The largest absolute Gasteiger partial charge is 0.319 e. The summed E-state index contributed by atoms with van der Waals surface area (Å²) >= 11 is 0. The monoisotopic (exact) mass is 367 g/mol. The van der Waals surface area contributed by atoms with E-state index in [-0.39, 0.29) is 11.7 Å². The summed E-state index contributed by atoms with van der Waals surface area (Å²) in [4.78, 5) is 12.7. The summed E-state index contributed by atoms with van der Waals surface area (Å²) in [5, 5.41) is 2.74. The first-order valence-corrected chi connectivity index (χ1v) is 10.2. The second-order valence-electron chi connectivity index (χ2n) is 7.69. The van der Waals surface area contributed by atoms with Crippen LogP contribution in [-0.2, 0) is 4.79 Å². The molecule has 1 aliphatic carbocycles. The number of nitrogens with one attached hydrogen (secondary N) is 1. The molecule has 1 aromatic rings. The van der Waals surface area contributed by atoms with Crippen molar-refractivity contribution >= 4 is 17.2 Å². The lowest BCUT2D eigenvalue weighted by molar-refractivity contribution is -0.110. The zero-order valence-electron chi connectivity index (χ0n) is 17.0. The Bertz CT molecular complexity index is 857. The van der Waals surface area contributed by atoms with Crippen LogP contribution in [0.15, 0.2) is 46.1 Å². The van der Waals surface area contributed by atoms with E-state index < -0.39 is 0 Å². The van der Waals surface area contributed by atoms with Gasteiger partial charge < -0.3 is 5.32 Å². The van der Waals surface area contributed by atoms with Gasteiger partial charge in [0.15, 0.2) is 0 Å². The number of benzene rings is 1. The molecule has 144 valence electrons. The molecular weight excluding hydrogens is 337 g/mol. The molecular formula is C24H30FNO. The Morgan fingerprint density at radius 1 is 1.15 bits per heavy atom. The average Bonchev–Trinajstić information content (AvgIpc) is 2.98. The molecule has 1 aromatic carbocycles. The number of hydrogen-bond donors (Lipinski definition) is 1. The van der Waals surface area contributed by atoms with E-state index in [9.17, 15) is 9.18 Å². The van der Waals surface area contributed by atoms with Crippen LogP contribution >= 0.6 is 0 Å². The highest BCUT2D eigenvalue weighted by molar-refractivity contribution is 6.32. The van der Waals surface area contributed by atoms with Crippen LogP contribution < -0.4 is 5.32 Å². The standard InChI is InChI=1S/C24H30FNO/c1-5-9-15(3)17(10-6-2)18-11-7-12-19(16(18)4)22-20-13-8-14-21(25)23(20)26-24(22)27/h8,13-14H,5-7,9-12H2,1-4H3,(H,26,27)/b17-15-,22-19-. The second-order valence-corrected chi connectivity index (χ2v) is 7.69. The van der Waals surface area contributed by atoms with Gasteiger partial charge in [-0.3, -0.25) is 4.79 Å². The Hall–Kier alpha value is -2.16. The van der Waals surface area contributed by atoms with Crippen molar-refractivity contribution in [3.63, 3.8) is 0 Å². The van der Waals surface area contributed by atoms with E-state index in [1.165, 1.54) is 28.4 Å². The molecule has 0 fully saturated rings. The molecule has 1 amide bonds. The van der Waals surface area contributed by atoms with Crippen molar-refractivity contribution in [3.05, 3.63) is 57.4 Å². The van der Waals surface area contributed by atoms with Gasteiger partial charge in [0, 0.05) is 5.56 Å². The summed E-state index contributed by atoms with van der Waals surface area (Å²) in [6, 6.07) is 4.94. The maximum atomic E-state index is 14.1. The lowest BCUT2D eigenvalue weighted by Crippen LogP contribution is -2.11. The molecule has 0 bridgehead atoms. The lowest BCUT2D eigenvalue weighted by atomic mass is 9.79. The smallest absolute Gasteiger partial charge is 0.256 e. The average molecular weight is 368 g/mol. The van der Waals surface area contributed by atoms with Crippen molar-refractivity contribution in [1.82, 2.24) is 0 Å². The van der Waals surface area contributed by atoms with Gasteiger partial charge in [-0.1, -0.05) is 44.4 Å². The van der Waals surface area contributed by atoms with Crippen LogP contribution in [0.5, 0.6) is 0 Å². The molecule has 0 spiro atoms. The first-order chi connectivity index (χ1) is 13.0. The Morgan fingerprint density at radius 3 is 2.59 bits per heavy atom. The quantitative estimate of drug-likeness (QED) is 0.561. The molecule has 2 aliphatic rings. The molecule has 1 N–H and O–H groups in total. The Balaban J connectivity index is 2.17. The maximum absolute atomic E-state index is 14.1. The van der Waals surface area contributed by atoms with E-state index in [2.05, 4.69) is 33.0 Å². The Kier molecular flexibility index (Phi) is 5.98. The second kappa shape index (κ2) is 8.24. The molecule has 27 heavy (non-hydrogen) atoms. The summed E-state index contributed by atoms with van der Waals surface area (Å²) < 4.78 is 14.1. The Labute approximate surface area is 162 Å². The van der Waals surface area contributed by atoms with Gasteiger partial charge in [0.2, 0.25) is 0 Å². The van der Waals surface area contributed by atoms with E-state index in [1.807, 2.05) is 6.07 Å². The molecule has 0 aromatic heterocycles. The van der Waals surface area contributed by atoms with E-state index in [4.69, 9.17) is 0 Å². The van der Waals surface area contributed by atoms with Crippen LogP contribution in [0.4, 0.5) is 10.1 Å². The zero-order chi connectivity index (χ0) is 19.6. The number of rotatable bonds is 5. The van der Waals surface area contributed by atoms with Gasteiger partial charge in [0.1, 0.15) is 5.82 Å². The van der Waals surface area contributed by atoms with E-state index in [0.29, 0.717) is 16.8 Å². The lowest BCUT2D eigenvalue weighted by Gasteiger charge is -2.26. The van der Waals surface area contributed by atoms with Gasteiger partial charge in [-0.15, -0.1) is 0 Å². The highest BCUT2D eigenvalue weighted by atomic mass is 19.1. The number of para-hydroxylation sites is 1. The SMILES string of the molecule is CCC/C(C)=C(/CCC)C1=C(C)/C(=C2\C(=O)Nc3c(F)cccc32)CCC1. The Morgan fingerprint density at radius 2 is 1.89 bits per heavy atom. The number of allylic oxidation sites excluding steroid dienone is 5. The molecule has 2 nitrogen and oxygen atoms in total. The predicted molar refractivity (Wildman–Crippen MR) is 111 cm³/mol. The summed E-state index contributed by atoms with van der Waals surface area (Å²) in [5.41, 5.74) is 8.39. The molecule has 0 atom stereocenters. The van der Waals surface area contributed by atoms with Crippen LogP contribution in [0.1, 0.15) is 78.2 Å². The van der Waals surface area contributed by atoms with Crippen LogP contribution in [0, 0.1) is 5.82 Å². The fourth-order valence-electron chi connectivity index (χ4n) is 4.54. The van der Waals surface area contributed by atoms with Gasteiger partial charge in [0.05, 0.1) is 11.3 Å². The highest BCUT2D eigenvalue weighted by Gasteiger charge is 2.31. The van der Waals surface area contributed by atoms with Crippen molar-refractivity contribution < 1.29 is 9.18 Å². The first kappa shape index (κ1) is 19.6. The summed E-state index contributed by atoms with van der Waals surface area (Å²) in [5.74, 6) is -0.531. The number of carbonyl (C=O) groups is 1. The molecule has 0 unspecified atom stereocenters. The predicted octanol–water partition coefficient (Wildman–Crippen LogP) is 6.95. The topological polar surface area (TPSA) is 29.1 Å². The normalized spacial score (nSPS) is 20.6. The molecule has 1 aliphatic heterocycles. The molecule has 0 saturated carbocycles. The minimum absolute atomic E-state index is 0.169. The highest BCUT2D eigenvalue weighted by Crippen LogP contribution is 2.43. The van der Waals surface area contributed by atoms with E-state index >= 15 is 0 Å².